The second-order valence-electron chi connectivity index (χ2n) is 8.90. The molecule has 1 aliphatic heterocycles. The van der Waals surface area contributed by atoms with Crippen LogP contribution in [0.2, 0.25) is 5.02 Å². The minimum absolute atomic E-state index is 0.0464. The van der Waals surface area contributed by atoms with Crippen LogP contribution >= 0.6 is 11.6 Å². The maximum absolute atomic E-state index is 13.0. The van der Waals surface area contributed by atoms with Crippen molar-refractivity contribution in [3.63, 3.8) is 0 Å². The molecule has 6 heteroatoms. The number of carbonyl (C=O) groups excluding carboxylic acids is 2. The smallest absolute Gasteiger partial charge is 0.253 e. The lowest BCUT2D eigenvalue weighted by Gasteiger charge is -2.32. The highest BCUT2D eigenvalue weighted by Crippen LogP contribution is 2.24. The molecule has 30 heavy (non-hydrogen) atoms. The summed E-state index contributed by atoms with van der Waals surface area (Å²) in [7, 11) is 0. The molecule has 0 aliphatic carbocycles. The number of benzene rings is 2. The minimum atomic E-state index is -0.350. The fraction of sp³-hybridized carbons (Fsp3) is 0.417. The molecule has 2 amide bonds. The molecule has 3 rings (SSSR count). The van der Waals surface area contributed by atoms with E-state index in [4.69, 9.17) is 11.6 Å². The number of nitrogens with one attached hydrogen (secondary N) is 2. The largest absolute Gasteiger partial charge is 0.347 e. The SMILES string of the molecule is CC(C)(C)NC(=O)c1ccccc1NC(=O)C1CCCN(Cc2ccccc2Cl)C1. The first-order valence-electron chi connectivity index (χ1n) is 10.4. The molecular formula is C24H30ClN3O2. The molecule has 1 unspecified atom stereocenters. The average molecular weight is 428 g/mol. The Kier molecular flexibility index (Phi) is 7.16. The van der Waals surface area contributed by atoms with Crippen LogP contribution in [0.15, 0.2) is 48.5 Å². The first-order chi connectivity index (χ1) is 14.2. The number of hydrogen-bond donors (Lipinski definition) is 2. The van der Waals surface area contributed by atoms with E-state index in [0.29, 0.717) is 17.8 Å². The van der Waals surface area contributed by atoms with E-state index in [1.54, 1.807) is 18.2 Å². The van der Waals surface area contributed by atoms with Gasteiger partial charge in [-0.2, -0.15) is 0 Å². The lowest BCUT2D eigenvalue weighted by Crippen LogP contribution is -2.42. The van der Waals surface area contributed by atoms with Crippen LogP contribution in [0, 0.1) is 5.92 Å². The first-order valence-corrected chi connectivity index (χ1v) is 10.8. The Morgan fingerprint density at radius 1 is 1.10 bits per heavy atom. The van der Waals surface area contributed by atoms with Crippen molar-refractivity contribution in [3.05, 3.63) is 64.7 Å². The van der Waals surface area contributed by atoms with Gasteiger partial charge in [0.05, 0.1) is 17.2 Å². The number of carbonyl (C=O) groups is 2. The lowest BCUT2D eigenvalue weighted by molar-refractivity contribution is -0.121. The van der Waals surface area contributed by atoms with Gasteiger partial charge < -0.3 is 10.6 Å². The molecule has 1 fully saturated rings. The molecule has 1 atom stereocenters. The van der Waals surface area contributed by atoms with Gasteiger partial charge in [0.15, 0.2) is 0 Å². The predicted octanol–water partition coefficient (Wildman–Crippen LogP) is 4.72. The number of rotatable bonds is 5. The van der Waals surface area contributed by atoms with Crippen molar-refractivity contribution in [2.75, 3.05) is 18.4 Å². The highest BCUT2D eigenvalue weighted by atomic mass is 35.5. The Balaban J connectivity index is 1.66. The van der Waals surface area contributed by atoms with Crippen molar-refractivity contribution < 1.29 is 9.59 Å². The highest BCUT2D eigenvalue weighted by molar-refractivity contribution is 6.31. The number of likely N-dealkylation sites (tertiary alicyclic amines) is 1. The Labute approximate surface area is 183 Å². The van der Waals surface area contributed by atoms with Crippen LogP contribution in [-0.4, -0.2) is 35.3 Å². The summed E-state index contributed by atoms with van der Waals surface area (Å²) in [6, 6.07) is 15.0. The van der Waals surface area contributed by atoms with Crippen LogP contribution in [-0.2, 0) is 11.3 Å². The third-order valence-corrected chi connectivity index (χ3v) is 5.51. The van der Waals surface area contributed by atoms with Crippen molar-refractivity contribution in [1.82, 2.24) is 10.2 Å². The standard InChI is InChI=1S/C24H30ClN3O2/c1-24(2,3)27-23(30)19-11-5-7-13-21(19)26-22(29)18-10-8-14-28(16-18)15-17-9-4-6-12-20(17)25/h4-7,9,11-13,18H,8,10,14-16H2,1-3H3,(H,26,29)(H,27,30). The quantitative estimate of drug-likeness (QED) is 0.725. The fourth-order valence-corrected chi connectivity index (χ4v) is 3.91. The number of para-hydroxylation sites is 1. The van der Waals surface area contributed by atoms with Gasteiger partial charge in [0, 0.05) is 23.7 Å². The molecule has 0 aromatic heterocycles. The molecule has 1 aliphatic rings. The van der Waals surface area contributed by atoms with E-state index >= 15 is 0 Å². The van der Waals surface area contributed by atoms with Crippen LogP contribution in [0.3, 0.4) is 0 Å². The highest BCUT2D eigenvalue weighted by Gasteiger charge is 2.27. The zero-order valence-electron chi connectivity index (χ0n) is 17.9. The number of nitrogens with zero attached hydrogens (tertiary/aromatic N) is 1. The van der Waals surface area contributed by atoms with Crippen molar-refractivity contribution in [2.24, 2.45) is 5.92 Å². The number of anilines is 1. The normalized spacial score (nSPS) is 17.4. The van der Waals surface area contributed by atoms with E-state index in [-0.39, 0.29) is 23.3 Å². The summed E-state index contributed by atoms with van der Waals surface area (Å²) in [6.07, 6.45) is 1.79. The summed E-state index contributed by atoms with van der Waals surface area (Å²) in [5, 5.41) is 6.70. The minimum Gasteiger partial charge on any atom is -0.347 e. The van der Waals surface area contributed by atoms with E-state index in [2.05, 4.69) is 15.5 Å². The third-order valence-electron chi connectivity index (χ3n) is 5.15. The summed E-state index contributed by atoms with van der Waals surface area (Å²) < 4.78 is 0. The Morgan fingerprint density at radius 3 is 2.53 bits per heavy atom. The zero-order valence-corrected chi connectivity index (χ0v) is 18.6. The summed E-state index contributed by atoms with van der Waals surface area (Å²) in [5.41, 5.74) is 1.75. The topological polar surface area (TPSA) is 61.4 Å². The molecule has 2 aromatic carbocycles. The molecular weight excluding hydrogens is 398 g/mol. The van der Waals surface area contributed by atoms with Crippen LogP contribution in [0.1, 0.15) is 49.5 Å². The van der Waals surface area contributed by atoms with Crippen molar-refractivity contribution in [3.8, 4) is 0 Å². The molecule has 160 valence electrons. The summed E-state index contributed by atoms with van der Waals surface area (Å²) >= 11 is 6.30. The van der Waals surface area contributed by atoms with Gasteiger partial charge in [0.1, 0.15) is 0 Å². The second-order valence-corrected chi connectivity index (χ2v) is 9.31. The van der Waals surface area contributed by atoms with Crippen LogP contribution in [0.25, 0.3) is 0 Å². The van der Waals surface area contributed by atoms with Crippen LogP contribution in [0.4, 0.5) is 5.69 Å². The van der Waals surface area contributed by atoms with Gasteiger partial charge >= 0.3 is 0 Å². The summed E-state index contributed by atoms with van der Waals surface area (Å²) in [5.74, 6) is -0.364. The van der Waals surface area contributed by atoms with Crippen LogP contribution < -0.4 is 10.6 Å². The molecule has 0 saturated carbocycles. The van der Waals surface area contributed by atoms with E-state index in [1.807, 2.05) is 51.1 Å². The molecule has 1 saturated heterocycles. The molecule has 0 bridgehead atoms. The maximum atomic E-state index is 13.0. The fourth-order valence-electron chi connectivity index (χ4n) is 3.71. The zero-order chi connectivity index (χ0) is 21.7. The monoisotopic (exact) mass is 427 g/mol. The molecule has 2 N–H and O–H groups in total. The van der Waals surface area contributed by atoms with Crippen LogP contribution in [0.5, 0.6) is 0 Å². The van der Waals surface area contributed by atoms with Gasteiger partial charge in [-0.3, -0.25) is 14.5 Å². The van der Waals surface area contributed by atoms with E-state index < -0.39 is 0 Å². The lowest BCUT2D eigenvalue weighted by atomic mass is 9.96. The number of piperidine rings is 1. The average Bonchev–Trinajstić information content (AvgIpc) is 2.69. The van der Waals surface area contributed by atoms with Gasteiger partial charge in [0.25, 0.3) is 5.91 Å². The van der Waals surface area contributed by atoms with Crippen molar-refractivity contribution in [1.29, 1.82) is 0 Å². The number of hydrogen-bond acceptors (Lipinski definition) is 3. The molecule has 0 spiro atoms. The molecule has 5 nitrogen and oxygen atoms in total. The molecule has 1 heterocycles. The Bertz CT molecular complexity index is 907. The van der Waals surface area contributed by atoms with Gasteiger partial charge in [-0.05, 0) is 63.9 Å². The number of halogens is 1. The predicted molar refractivity (Wildman–Crippen MR) is 122 cm³/mol. The van der Waals surface area contributed by atoms with Gasteiger partial charge in [0.2, 0.25) is 5.91 Å². The van der Waals surface area contributed by atoms with Gasteiger partial charge in [-0.15, -0.1) is 0 Å². The van der Waals surface area contributed by atoms with E-state index in [1.165, 1.54) is 0 Å². The van der Waals surface area contributed by atoms with E-state index in [0.717, 1.165) is 36.5 Å². The number of amides is 2. The molecule has 0 radical (unpaired) electrons. The summed E-state index contributed by atoms with van der Waals surface area (Å²) in [4.78, 5) is 27.9. The van der Waals surface area contributed by atoms with E-state index in [9.17, 15) is 9.59 Å². The first kappa shape index (κ1) is 22.3. The summed E-state index contributed by atoms with van der Waals surface area (Å²) in [6.45, 7) is 8.14. The molecule has 2 aromatic rings. The Hall–Kier alpha value is -2.37. The Morgan fingerprint density at radius 2 is 1.80 bits per heavy atom. The van der Waals surface area contributed by atoms with Crippen molar-refractivity contribution >= 4 is 29.1 Å². The van der Waals surface area contributed by atoms with Crippen molar-refractivity contribution in [2.45, 2.75) is 45.7 Å². The maximum Gasteiger partial charge on any atom is 0.253 e. The van der Waals surface area contributed by atoms with Gasteiger partial charge in [-0.1, -0.05) is 41.9 Å². The third kappa shape index (κ3) is 6.07. The van der Waals surface area contributed by atoms with Gasteiger partial charge in [-0.25, -0.2) is 0 Å². The second kappa shape index (κ2) is 9.63.